The predicted molar refractivity (Wildman–Crippen MR) is 84.2 cm³/mol. The van der Waals surface area contributed by atoms with E-state index in [4.69, 9.17) is 11.6 Å². The first-order valence-electron chi connectivity index (χ1n) is 7.72. The van der Waals surface area contributed by atoms with Crippen LogP contribution in [0.25, 0.3) is 0 Å². The molecule has 2 aliphatic rings. The van der Waals surface area contributed by atoms with Crippen LogP contribution in [0.4, 0.5) is 0 Å². The maximum absolute atomic E-state index is 5.93. The molecule has 1 unspecified atom stereocenters. The lowest BCUT2D eigenvalue weighted by Gasteiger charge is -2.36. The van der Waals surface area contributed by atoms with Crippen molar-refractivity contribution < 1.29 is 0 Å². The Morgan fingerprint density at radius 3 is 2.40 bits per heavy atom. The Labute approximate surface area is 126 Å². The van der Waals surface area contributed by atoms with Gasteiger partial charge in [0, 0.05) is 50.3 Å². The van der Waals surface area contributed by atoms with Gasteiger partial charge in [-0.3, -0.25) is 9.80 Å². The molecule has 0 amide bonds. The summed E-state index contributed by atoms with van der Waals surface area (Å²) in [6, 6.07) is 8.98. The Balaban J connectivity index is 1.42. The fraction of sp³-hybridized carbons (Fsp3) is 0.625. The molecule has 2 aliphatic heterocycles. The lowest BCUT2D eigenvalue weighted by Crippen LogP contribution is -2.49. The molecule has 1 atom stereocenters. The topological polar surface area (TPSA) is 18.5 Å². The van der Waals surface area contributed by atoms with Crippen LogP contribution < -0.4 is 5.32 Å². The molecule has 1 aromatic rings. The van der Waals surface area contributed by atoms with Gasteiger partial charge in [-0.15, -0.1) is 0 Å². The van der Waals surface area contributed by atoms with Crippen LogP contribution >= 0.6 is 11.6 Å². The van der Waals surface area contributed by atoms with E-state index in [0.29, 0.717) is 0 Å². The molecule has 2 fully saturated rings. The molecule has 1 aromatic carbocycles. The Kier molecular flexibility index (Phi) is 4.94. The maximum atomic E-state index is 5.93. The Bertz CT molecular complexity index is 406. The molecule has 0 spiro atoms. The van der Waals surface area contributed by atoms with Crippen LogP contribution in [0.3, 0.4) is 0 Å². The molecule has 20 heavy (non-hydrogen) atoms. The summed E-state index contributed by atoms with van der Waals surface area (Å²) in [7, 11) is 0. The molecular weight excluding hydrogens is 270 g/mol. The van der Waals surface area contributed by atoms with Crippen LogP contribution in [0.2, 0.25) is 5.02 Å². The van der Waals surface area contributed by atoms with Gasteiger partial charge in [0.05, 0.1) is 0 Å². The number of halogens is 1. The largest absolute Gasteiger partial charge is 0.313 e. The van der Waals surface area contributed by atoms with Crippen molar-refractivity contribution in [2.75, 3.05) is 39.3 Å². The SMILES string of the molecule is Clc1ccc(CN2CCN(CC3CCCN3)CC2)cc1. The Morgan fingerprint density at radius 1 is 1.05 bits per heavy atom. The smallest absolute Gasteiger partial charge is 0.0406 e. The molecule has 4 heteroatoms. The first kappa shape index (κ1) is 14.3. The minimum absolute atomic E-state index is 0.734. The molecule has 3 nitrogen and oxygen atoms in total. The van der Waals surface area contributed by atoms with Crippen molar-refractivity contribution in [3.8, 4) is 0 Å². The highest BCUT2D eigenvalue weighted by molar-refractivity contribution is 6.30. The van der Waals surface area contributed by atoms with E-state index < -0.39 is 0 Å². The fourth-order valence-corrected chi connectivity index (χ4v) is 3.33. The van der Waals surface area contributed by atoms with Crippen molar-refractivity contribution in [2.24, 2.45) is 0 Å². The Hall–Kier alpha value is -0.610. The minimum Gasteiger partial charge on any atom is -0.313 e. The molecule has 0 radical (unpaired) electrons. The van der Waals surface area contributed by atoms with Crippen LogP contribution in [0.5, 0.6) is 0 Å². The van der Waals surface area contributed by atoms with Crippen molar-refractivity contribution >= 4 is 11.6 Å². The van der Waals surface area contributed by atoms with Crippen LogP contribution in [0.1, 0.15) is 18.4 Å². The molecule has 2 saturated heterocycles. The van der Waals surface area contributed by atoms with E-state index in [2.05, 4.69) is 27.2 Å². The lowest BCUT2D eigenvalue weighted by molar-refractivity contribution is 0.120. The van der Waals surface area contributed by atoms with E-state index in [0.717, 1.165) is 17.6 Å². The van der Waals surface area contributed by atoms with Gasteiger partial charge in [-0.1, -0.05) is 23.7 Å². The summed E-state index contributed by atoms with van der Waals surface area (Å²) in [5.41, 5.74) is 1.36. The van der Waals surface area contributed by atoms with Crippen LogP contribution in [0.15, 0.2) is 24.3 Å². The molecule has 0 aromatic heterocycles. The van der Waals surface area contributed by atoms with Gasteiger partial charge in [0.2, 0.25) is 0 Å². The number of hydrogen-bond acceptors (Lipinski definition) is 3. The summed E-state index contributed by atoms with van der Waals surface area (Å²) >= 11 is 5.93. The first-order chi connectivity index (χ1) is 9.79. The predicted octanol–water partition coefficient (Wildman–Crippen LogP) is 2.21. The van der Waals surface area contributed by atoms with Gasteiger partial charge < -0.3 is 5.32 Å². The quantitative estimate of drug-likeness (QED) is 0.918. The molecule has 3 rings (SSSR count). The number of piperazine rings is 1. The van der Waals surface area contributed by atoms with Crippen molar-refractivity contribution in [1.29, 1.82) is 0 Å². The van der Waals surface area contributed by atoms with E-state index >= 15 is 0 Å². The summed E-state index contributed by atoms with van der Waals surface area (Å²) < 4.78 is 0. The van der Waals surface area contributed by atoms with Crippen molar-refractivity contribution in [3.63, 3.8) is 0 Å². The van der Waals surface area contributed by atoms with Crippen LogP contribution in [0, 0.1) is 0 Å². The monoisotopic (exact) mass is 293 g/mol. The number of nitrogens with zero attached hydrogens (tertiary/aromatic N) is 2. The number of hydrogen-bond donors (Lipinski definition) is 1. The second-order valence-electron chi connectivity index (χ2n) is 6.00. The highest BCUT2D eigenvalue weighted by atomic mass is 35.5. The van der Waals surface area contributed by atoms with Crippen molar-refractivity contribution in [1.82, 2.24) is 15.1 Å². The van der Waals surface area contributed by atoms with E-state index in [1.54, 1.807) is 0 Å². The molecule has 2 heterocycles. The Morgan fingerprint density at radius 2 is 1.75 bits per heavy atom. The van der Waals surface area contributed by atoms with E-state index in [-0.39, 0.29) is 0 Å². The average Bonchev–Trinajstić information content (AvgIpc) is 2.96. The maximum Gasteiger partial charge on any atom is 0.0406 e. The second-order valence-corrected chi connectivity index (χ2v) is 6.43. The van der Waals surface area contributed by atoms with Crippen molar-refractivity contribution in [2.45, 2.75) is 25.4 Å². The van der Waals surface area contributed by atoms with Crippen LogP contribution in [-0.2, 0) is 6.54 Å². The van der Waals surface area contributed by atoms with Crippen molar-refractivity contribution in [3.05, 3.63) is 34.9 Å². The number of nitrogens with one attached hydrogen (secondary N) is 1. The summed E-state index contributed by atoms with van der Waals surface area (Å²) in [5.74, 6) is 0. The zero-order chi connectivity index (χ0) is 13.8. The summed E-state index contributed by atoms with van der Waals surface area (Å²) in [6.45, 7) is 8.24. The normalized spacial score (nSPS) is 25.1. The zero-order valence-electron chi connectivity index (χ0n) is 12.0. The number of benzene rings is 1. The number of rotatable bonds is 4. The third-order valence-corrected chi connectivity index (χ3v) is 4.68. The first-order valence-corrected chi connectivity index (χ1v) is 8.10. The summed E-state index contributed by atoms with van der Waals surface area (Å²) in [4.78, 5) is 5.16. The zero-order valence-corrected chi connectivity index (χ0v) is 12.8. The summed E-state index contributed by atoms with van der Waals surface area (Å²) in [6.07, 6.45) is 2.70. The molecular formula is C16H24ClN3. The van der Waals surface area contributed by atoms with E-state index in [9.17, 15) is 0 Å². The van der Waals surface area contributed by atoms with E-state index in [1.807, 2.05) is 12.1 Å². The van der Waals surface area contributed by atoms with Gasteiger partial charge in [0.25, 0.3) is 0 Å². The van der Waals surface area contributed by atoms with Gasteiger partial charge >= 0.3 is 0 Å². The van der Waals surface area contributed by atoms with Gasteiger partial charge in [-0.05, 0) is 37.1 Å². The van der Waals surface area contributed by atoms with Gasteiger partial charge in [-0.25, -0.2) is 0 Å². The third kappa shape index (κ3) is 3.95. The van der Waals surface area contributed by atoms with Crippen LogP contribution in [-0.4, -0.2) is 55.1 Å². The molecule has 0 aliphatic carbocycles. The molecule has 0 bridgehead atoms. The highest BCUT2D eigenvalue weighted by Crippen LogP contribution is 2.14. The molecule has 110 valence electrons. The molecule has 0 saturated carbocycles. The fourth-order valence-electron chi connectivity index (χ4n) is 3.20. The minimum atomic E-state index is 0.734. The standard InChI is InChI=1S/C16H24ClN3/c17-15-5-3-14(4-6-15)12-19-8-10-20(11-9-19)13-16-2-1-7-18-16/h3-6,16,18H,1-2,7-13H2. The highest BCUT2D eigenvalue weighted by Gasteiger charge is 2.21. The second kappa shape index (κ2) is 6.90. The third-order valence-electron chi connectivity index (χ3n) is 4.43. The van der Waals surface area contributed by atoms with E-state index in [1.165, 1.54) is 57.7 Å². The lowest BCUT2D eigenvalue weighted by atomic mass is 10.1. The molecule has 1 N–H and O–H groups in total. The summed E-state index contributed by atoms with van der Waals surface area (Å²) in [5, 5.41) is 4.41. The van der Waals surface area contributed by atoms with Gasteiger partial charge in [-0.2, -0.15) is 0 Å². The van der Waals surface area contributed by atoms with Gasteiger partial charge in [0.15, 0.2) is 0 Å². The average molecular weight is 294 g/mol. The van der Waals surface area contributed by atoms with Gasteiger partial charge in [0.1, 0.15) is 0 Å².